The second-order valence-electron chi connectivity index (χ2n) is 4.35. The highest BCUT2D eigenvalue weighted by Gasteiger charge is 2.15. The van der Waals surface area contributed by atoms with Crippen LogP contribution in [0.4, 0.5) is 4.39 Å². The third-order valence-electron chi connectivity index (χ3n) is 2.97. The minimum atomic E-state index is -0.240. The van der Waals surface area contributed by atoms with E-state index < -0.39 is 0 Å². The monoisotopic (exact) mass is 374 g/mol. The summed E-state index contributed by atoms with van der Waals surface area (Å²) in [5.74, 6) is -0.193. The van der Waals surface area contributed by atoms with Gasteiger partial charge in [0, 0.05) is 3.57 Å². The van der Waals surface area contributed by atoms with Gasteiger partial charge in [-0.05, 0) is 64.8 Å². The number of alkyl halides is 1. The fourth-order valence-electron chi connectivity index (χ4n) is 1.87. The van der Waals surface area contributed by atoms with Crippen molar-refractivity contribution in [3.63, 3.8) is 0 Å². The highest BCUT2D eigenvalue weighted by atomic mass is 127. The highest BCUT2D eigenvalue weighted by molar-refractivity contribution is 14.1. The summed E-state index contributed by atoms with van der Waals surface area (Å²) in [6.45, 7) is 3.81. The summed E-state index contributed by atoms with van der Waals surface area (Å²) in [6, 6.07) is 11.1. The standard InChI is InChI=1S/C15H13ClFI/c1-9-4-3-5-12(15(9)18)14(16)11-6-7-13(17)10(2)8-11/h3-8,14H,1-2H3. The van der Waals surface area contributed by atoms with Crippen molar-refractivity contribution in [2.24, 2.45) is 0 Å². The Morgan fingerprint density at radius 3 is 2.50 bits per heavy atom. The molecule has 0 spiro atoms. The van der Waals surface area contributed by atoms with Gasteiger partial charge in [0.15, 0.2) is 0 Å². The molecular weight excluding hydrogens is 362 g/mol. The molecule has 0 radical (unpaired) electrons. The van der Waals surface area contributed by atoms with Gasteiger partial charge in [0.2, 0.25) is 0 Å². The molecule has 1 atom stereocenters. The van der Waals surface area contributed by atoms with Crippen molar-refractivity contribution >= 4 is 34.2 Å². The van der Waals surface area contributed by atoms with Crippen LogP contribution >= 0.6 is 34.2 Å². The molecule has 94 valence electrons. The maximum absolute atomic E-state index is 13.3. The van der Waals surface area contributed by atoms with Crippen molar-refractivity contribution in [1.29, 1.82) is 0 Å². The highest BCUT2D eigenvalue weighted by Crippen LogP contribution is 2.33. The smallest absolute Gasteiger partial charge is 0.126 e. The Hall–Kier alpha value is -0.610. The van der Waals surface area contributed by atoms with E-state index in [4.69, 9.17) is 11.6 Å². The van der Waals surface area contributed by atoms with Crippen LogP contribution in [0.3, 0.4) is 0 Å². The van der Waals surface area contributed by atoms with E-state index in [9.17, 15) is 4.39 Å². The molecule has 0 amide bonds. The molecule has 1 unspecified atom stereocenters. The molecule has 0 aliphatic heterocycles. The van der Waals surface area contributed by atoms with Crippen LogP contribution in [0.2, 0.25) is 0 Å². The summed E-state index contributed by atoms with van der Waals surface area (Å²) >= 11 is 8.81. The average Bonchev–Trinajstić information content (AvgIpc) is 2.35. The first-order chi connectivity index (χ1) is 8.50. The average molecular weight is 375 g/mol. The number of benzene rings is 2. The first-order valence-electron chi connectivity index (χ1n) is 5.66. The second-order valence-corrected chi connectivity index (χ2v) is 5.86. The van der Waals surface area contributed by atoms with Crippen molar-refractivity contribution in [3.8, 4) is 0 Å². The summed E-state index contributed by atoms with van der Waals surface area (Å²) < 4.78 is 14.4. The van der Waals surface area contributed by atoms with Crippen LogP contribution in [0.5, 0.6) is 0 Å². The Morgan fingerprint density at radius 2 is 1.83 bits per heavy atom. The second kappa shape index (κ2) is 5.57. The lowest BCUT2D eigenvalue weighted by molar-refractivity contribution is 0.617. The number of hydrogen-bond acceptors (Lipinski definition) is 0. The van der Waals surface area contributed by atoms with Crippen LogP contribution < -0.4 is 0 Å². The largest absolute Gasteiger partial charge is 0.207 e. The molecule has 0 fully saturated rings. The lowest BCUT2D eigenvalue weighted by Gasteiger charge is -2.14. The van der Waals surface area contributed by atoms with E-state index in [1.165, 1.54) is 11.6 Å². The summed E-state index contributed by atoms with van der Waals surface area (Å²) in [4.78, 5) is 0. The number of aryl methyl sites for hydroxylation is 2. The van der Waals surface area contributed by atoms with Gasteiger partial charge < -0.3 is 0 Å². The summed E-state index contributed by atoms with van der Waals surface area (Å²) in [5, 5.41) is -0.240. The van der Waals surface area contributed by atoms with E-state index in [-0.39, 0.29) is 11.2 Å². The normalized spacial score (nSPS) is 12.5. The molecule has 2 aromatic carbocycles. The van der Waals surface area contributed by atoms with Crippen molar-refractivity contribution in [2.75, 3.05) is 0 Å². The van der Waals surface area contributed by atoms with Crippen LogP contribution in [0.15, 0.2) is 36.4 Å². The van der Waals surface area contributed by atoms with Gasteiger partial charge in [-0.3, -0.25) is 0 Å². The predicted molar refractivity (Wildman–Crippen MR) is 82.7 cm³/mol. The molecule has 2 rings (SSSR count). The van der Waals surface area contributed by atoms with Gasteiger partial charge in [-0.25, -0.2) is 4.39 Å². The molecule has 18 heavy (non-hydrogen) atoms. The SMILES string of the molecule is Cc1cc(C(Cl)c2cccc(C)c2I)ccc1F. The van der Waals surface area contributed by atoms with Gasteiger partial charge in [-0.15, -0.1) is 11.6 Å². The molecule has 0 saturated carbocycles. The lowest BCUT2D eigenvalue weighted by atomic mass is 10.0. The zero-order valence-electron chi connectivity index (χ0n) is 10.2. The molecule has 0 saturated heterocycles. The minimum absolute atomic E-state index is 0.193. The Bertz CT molecular complexity index is 581. The van der Waals surface area contributed by atoms with Crippen molar-refractivity contribution in [2.45, 2.75) is 19.2 Å². The third kappa shape index (κ3) is 2.69. The Labute approximate surface area is 125 Å². The molecule has 0 bridgehead atoms. The van der Waals surface area contributed by atoms with Crippen LogP contribution in [-0.2, 0) is 0 Å². The van der Waals surface area contributed by atoms with Crippen molar-refractivity contribution in [1.82, 2.24) is 0 Å². The summed E-state index contributed by atoms with van der Waals surface area (Å²) in [7, 11) is 0. The maximum Gasteiger partial charge on any atom is 0.126 e. The molecular formula is C15H13ClFI. The number of hydrogen-bond donors (Lipinski definition) is 0. The van der Waals surface area contributed by atoms with Crippen LogP contribution in [0.25, 0.3) is 0 Å². The Kier molecular flexibility index (Phi) is 4.28. The first-order valence-corrected chi connectivity index (χ1v) is 7.17. The lowest BCUT2D eigenvalue weighted by Crippen LogP contribution is -1.99. The molecule has 0 aromatic heterocycles. The Balaban J connectivity index is 2.44. The van der Waals surface area contributed by atoms with Gasteiger partial charge in [0.1, 0.15) is 5.82 Å². The summed E-state index contributed by atoms with van der Waals surface area (Å²) in [5.41, 5.74) is 3.83. The van der Waals surface area contributed by atoms with Gasteiger partial charge in [0.05, 0.1) is 5.38 Å². The van der Waals surface area contributed by atoms with E-state index in [0.717, 1.165) is 14.7 Å². The predicted octanol–water partition coefficient (Wildman–Crippen LogP) is 5.38. The van der Waals surface area contributed by atoms with Crippen molar-refractivity contribution in [3.05, 3.63) is 68.0 Å². The Morgan fingerprint density at radius 1 is 1.11 bits per heavy atom. The summed E-state index contributed by atoms with van der Waals surface area (Å²) in [6.07, 6.45) is 0. The maximum atomic E-state index is 13.3. The van der Waals surface area contributed by atoms with Crippen LogP contribution in [0.1, 0.15) is 27.6 Å². The van der Waals surface area contributed by atoms with E-state index in [1.807, 2.05) is 18.2 Å². The van der Waals surface area contributed by atoms with Crippen LogP contribution in [0, 0.1) is 23.2 Å². The molecule has 0 aliphatic carbocycles. The van der Waals surface area contributed by atoms with Crippen molar-refractivity contribution < 1.29 is 4.39 Å². The van der Waals surface area contributed by atoms with E-state index in [1.54, 1.807) is 13.0 Å². The topological polar surface area (TPSA) is 0 Å². The van der Waals surface area contributed by atoms with Gasteiger partial charge >= 0.3 is 0 Å². The molecule has 0 heterocycles. The van der Waals surface area contributed by atoms with Crippen LogP contribution in [-0.4, -0.2) is 0 Å². The molecule has 2 aromatic rings. The minimum Gasteiger partial charge on any atom is -0.207 e. The van der Waals surface area contributed by atoms with E-state index in [2.05, 4.69) is 35.6 Å². The fourth-order valence-corrected chi connectivity index (χ4v) is 3.04. The third-order valence-corrected chi connectivity index (χ3v) is 4.93. The zero-order chi connectivity index (χ0) is 13.3. The molecule has 0 N–H and O–H groups in total. The number of rotatable bonds is 2. The van der Waals surface area contributed by atoms with Gasteiger partial charge in [-0.2, -0.15) is 0 Å². The zero-order valence-corrected chi connectivity index (χ0v) is 13.1. The quantitative estimate of drug-likeness (QED) is 0.489. The molecule has 0 aliphatic rings. The first kappa shape index (κ1) is 13.8. The van der Waals surface area contributed by atoms with E-state index >= 15 is 0 Å². The number of halogens is 3. The van der Waals surface area contributed by atoms with Gasteiger partial charge in [0.25, 0.3) is 0 Å². The van der Waals surface area contributed by atoms with Gasteiger partial charge in [-0.1, -0.05) is 30.3 Å². The molecule has 0 nitrogen and oxygen atoms in total. The van der Waals surface area contributed by atoms with E-state index in [0.29, 0.717) is 5.56 Å². The molecule has 3 heteroatoms. The fraction of sp³-hybridized carbons (Fsp3) is 0.200.